The number of carbonyl (C=O) groups excluding carboxylic acids is 2. The number of phenolic OH excluding ortho intramolecular Hbond substituents is 3. The van der Waals surface area contributed by atoms with Crippen molar-refractivity contribution in [1.29, 1.82) is 0 Å². The van der Waals surface area contributed by atoms with Crippen molar-refractivity contribution in [3.63, 3.8) is 0 Å². The van der Waals surface area contributed by atoms with E-state index in [-0.39, 0.29) is 36.6 Å². The third kappa shape index (κ3) is 4.92. The fraction of sp³-hybridized carbons (Fsp3) is 0.217. The second-order valence-electron chi connectivity index (χ2n) is 8.11. The van der Waals surface area contributed by atoms with Crippen molar-refractivity contribution < 1.29 is 37.7 Å². The number of nitrogens with one attached hydrogen (secondary N) is 1. The molecule has 1 saturated heterocycles. The zero-order chi connectivity index (χ0) is 26.0. The molecule has 12 nitrogen and oxygen atoms in total. The van der Waals surface area contributed by atoms with E-state index in [2.05, 4.69) is 5.32 Å². The third-order valence-electron chi connectivity index (χ3n) is 5.76. The summed E-state index contributed by atoms with van der Waals surface area (Å²) in [5.41, 5.74) is 5.85. The molecule has 4 rings (SSSR count). The largest absolute Gasteiger partial charge is 0.504 e. The van der Waals surface area contributed by atoms with Gasteiger partial charge in [-0.1, -0.05) is 0 Å². The lowest BCUT2D eigenvalue weighted by atomic mass is 10.1. The Morgan fingerprint density at radius 3 is 2.33 bits per heavy atom. The second kappa shape index (κ2) is 9.79. The quantitative estimate of drug-likeness (QED) is 0.233. The Morgan fingerprint density at radius 1 is 1.06 bits per heavy atom. The number of hydrogen-bond donors (Lipinski definition) is 5. The Morgan fingerprint density at radius 2 is 1.72 bits per heavy atom. The Bertz CT molecular complexity index is 1350. The van der Waals surface area contributed by atoms with E-state index in [1.807, 2.05) is 0 Å². The number of nitrogen functional groups attached to an aromatic ring is 1. The lowest BCUT2D eigenvalue weighted by Gasteiger charge is -2.39. The van der Waals surface area contributed by atoms with Gasteiger partial charge in [0.1, 0.15) is 11.8 Å². The number of sulfonamides is 1. The summed E-state index contributed by atoms with van der Waals surface area (Å²) in [4.78, 5) is 27.6. The van der Waals surface area contributed by atoms with Crippen LogP contribution in [0.25, 0.3) is 0 Å². The molecule has 36 heavy (non-hydrogen) atoms. The van der Waals surface area contributed by atoms with Crippen LogP contribution in [0.2, 0.25) is 0 Å². The van der Waals surface area contributed by atoms with Crippen molar-refractivity contribution >= 4 is 27.5 Å². The molecule has 2 amide bonds. The van der Waals surface area contributed by atoms with E-state index in [1.165, 1.54) is 30.5 Å². The maximum atomic E-state index is 13.3. The highest BCUT2D eigenvalue weighted by molar-refractivity contribution is 7.89. The van der Waals surface area contributed by atoms with Crippen LogP contribution in [0.15, 0.2) is 64.1 Å². The molecule has 1 aromatic heterocycles. The molecule has 190 valence electrons. The van der Waals surface area contributed by atoms with E-state index in [9.17, 15) is 33.3 Å². The number of nitrogens with two attached hydrogens (primary N) is 1. The van der Waals surface area contributed by atoms with E-state index >= 15 is 0 Å². The molecular weight excluding hydrogens is 492 g/mol. The fourth-order valence-corrected chi connectivity index (χ4v) is 5.27. The second-order valence-corrected chi connectivity index (χ2v) is 10.0. The van der Waals surface area contributed by atoms with E-state index in [0.717, 1.165) is 21.3 Å². The van der Waals surface area contributed by atoms with Gasteiger partial charge in [-0.25, -0.2) is 8.42 Å². The van der Waals surface area contributed by atoms with Crippen molar-refractivity contribution in [3.8, 4) is 17.2 Å². The molecule has 1 fully saturated rings. The molecule has 1 aliphatic rings. The minimum absolute atomic E-state index is 0.00978. The van der Waals surface area contributed by atoms with Crippen LogP contribution < -0.4 is 11.1 Å². The number of hydrogen-bond acceptors (Lipinski definition) is 9. The number of nitrogens with zero attached hydrogens (tertiary/aromatic N) is 2. The summed E-state index contributed by atoms with van der Waals surface area (Å²) in [6.07, 6.45) is 1.43. The predicted molar refractivity (Wildman–Crippen MR) is 126 cm³/mol. The van der Waals surface area contributed by atoms with Gasteiger partial charge < -0.3 is 35.7 Å². The van der Waals surface area contributed by atoms with Crippen LogP contribution in [-0.2, 0) is 21.4 Å². The molecule has 1 aliphatic heterocycles. The average molecular weight is 517 g/mol. The number of phenols is 3. The van der Waals surface area contributed by atoms with Gasteiger partial charge in [0.15, 0.2) is 17.2 Å². The number of anilines is 1. The van der Waals surface area contributed by atoms with Gasteiger partial charge in [-0.05, 0) is 48.5 Å². The van der Waals surface area contributed by atoms with Gasteiger partial charge in [-0.15, -0.1) is 0 Å². The molecule has 0 spiro atoms. The molecule has 1 atom stereocenters. The summed E-state index contributed by atoms with van der Waals surface area (Å²) >= 11 is 0. The van der Waals surface area contributed by atoms with Crippen LogP contribution in [0.3, 0.4) is 0 Å². The maximum absolute atomic E-state index is 13.3. The molecule has 0 bridgehead atoms. The minimum Gasteiger partial charge on any atom is -0.504 e. The number of amides is 2. The molecule has 3 aromatic rings. The first-order valence-corrected chi connectivity index (χ1v) is 12.2. The topological polar surface area (TPSA) is 187 Å². The predicted octanol–water partition coefficient (Wildman–Crippen LogP) is 0.810. The summed E-state index contributed by atoms with van der Waals surface area (Å²) in [5, 5.41) is 31.9. The maximum Gasteiger partial charge on any atom is 0.254 e. The fourth-order valence-electron chi connectivity index (χ4n) is 3.83. The Kier molecular flexibility index (Phi) is 6.77. The molecular formula is C23H24N4O8S. The number of furan rings is 1. The van der Waals surface area contributed by atoms with Gasteiger partial charge in [0, 0.05) is 30.9 Å². The lowest BCUT2D eigenvalue weighted by molar-refractivity contribution is -0.127. The van der Waals surface area contributed by atoms with Gasteiger partial charge >= 0.3 is 0 Å². The molecule has 0 aliphatic carbocycles. The summed E-state index contributed by atoms with van der Waals surface area (Å²) in [7, 11) is -4.01. The summed E-state index contributed by atoms with van der Waals surface area (Å²) in [5.74, 6) is -3.16. The smallest absolute Gasteiger partial charge is 0.254 e. The van der Waals surface area contributed by atoms with Crippen molar-refractivity contribution in [2.24, 2.45) is 0 Å². The van der Waals surface area contributed by atoms with E-state index < -0.39 is 45.1 Å². The number of piperazine rings is 1. The number of benzene rings is 2. The van der Waals surface area contributed by atoms with Crippen LogP contribution in [0, 0.1) is 0 Å². The van der Waals surface area contributed by atoms with Gasteiger partial charge in [-0.3, -0.25) is 9.59 Å². The molecule has 2 aromatic carbocycles. The summed E-state index contributed by atoms with van der Waals surface area (Å²) < 4.78 is 32.8. The number of carbonyl (C=O) groups is 2. The minimum atomic E-state index is -4.01. The molecule has 0 radical (unpaired) electrons. The Hall–Kier alpha value is -4.23. The van der Waals surface area contributed by atoms with Crippen LogP contribution in [-0.4, -0.2) is 70.4 Å². The van der Waals surface area contributed by atoms with Crippen molar-refractivity contribution in [2.75, 3.05) is 25.4 Å². The highest BCUT2D eigenvalue weighted by Gasteiger charge is 2.40. The monoisotopic (exact) mass is 516 g/mol. The summed E-state index contributed by atoms with van der Waals surface area (Å²) in [6.45, 7) is -0.612. The van der Waals surface area contributed by atoms with Gasteiger partial charge in [0.2, 0.25) is 15.9 Å². The standard InChI is InChI=1S/C23H24N4O8S/c24-15-3-5-17(6-4-15)36(33,34)26-7-8-27(23(32)14-10-19(28)21(30)20(29)11-14)18(13-26)22(31)25-12-16-2-1-9-35-16/h1-6,9-11,18,28-30H,7-8,12-13,24H2,(H,25,31). The normalized spacial score (nSPS) is 16.6. The van der Waals surface area contributed by atoms with Crippen molar-refractivity contribution in [2.45, 2.75) is 17.5 Å². The third-order valence-corrected chi connectivity index (χ3v) is 7.64. The molecule has 13 heteroatoms. The van der Waals surface area contributed by atoms with Crippen LogP contribution in [0.5, 0.6) is 17.2 Å². The van der Waals surface area contributed by atoms with Crippen molar-refractivity contribution in [3.05, 3.63) is 66.1 Å². The molecule has 1 unspecified atom stereocenters. The SMILES string of the molecule is Nc1ccc(S(=O)(=O)N2CCN(C(=O)c3cc(O)c(O)c(O)c3)C(C(=O)NCc3ccco3)C2)cc1. The van der Waals surface area contributed by atoms with E-state index in [1.54, 1.807) is 12.1 Å². The first kappa shape index (κ1) is 24.9. The highest BCUT2D eigenvalue weighted by atomic mass is 32.2. The van der Waals surface area contributed by atoms with E-state index in [0.29, 0.717) is 11.4 Å². The Balaban J connectivity index is 1.62. The van der Waals surface area contributed by atoms with Gasteiger partial charge in [-0.2, -0.15) is 4.31 Å². The Labute approximate surface area is 206 Å². The molecule has 2 heterocycles. The van der Waals surface area contributed by atoms with Crippen LogP contribution in [0.4, 0.5) is 5.69 Å². The molecule has 0 saturated carbocycles. The first-order chi connectivity index (χ1) is 17.1. The van der Waals surface area contributed by atoms with Gasteiger partial charge in [0.25, 0.3) is 5.91 Å². The highest BCUT2D eigenvalue weighted by Crippen LogP contribution is 2.36. The lowest BCUT2D eigenvalue weighted by Crippen LogP contribution is -2.61. The number of aromatic hydroxyl groups is 3. The average Bonchev–Trinajstić information content (AvgIpc) is 3.38. The van der Waals surface area contributed by atoms with E-state index in [4.69, 9.17) is 10.2 Å². The van der Waals surface area contributed by atoms with Gasteiger partial charge in [0.05, 0.1) is 17.7 Å². The number of rotatable bonds is 6. The zero-order valence-corrected chi connectivity index (χ0v) is 19.7. The van der Waals surface area contributed by atoms with Crippen molar-refractivity contribution in [1.82, 2.24) is 14.5 Å². The summed E-state index contributed by atoms with van der Waals surface area (Å²) in [6, 6.07) is 9.55. The van der Waals surface area contributed by atoms with Crippen LogP contribution in [0.1, 0.15) is 16.1 Å². The zero-order valence-electron chi connectivity index (χ0n) is 18.9. The molecule has 6 N–H and O–H groups in total. The first-order valence-electron chi connectivity index (χ1n) is 10.8. The van der Waals surface area contributed by atoms with Crippen LogP contribution >= 0.6 is 0 Å².